The Kier molecular flexibility index (Phi) is 6.44. The number of carbonyl (C=O) groups is 1. The van der Waals surface area contributed by atoms with E-state index >= 15 is 0 Å². The SMILES string of the molecule is C[C@@H](Oc1ccc(C#N)cc1)C(=O)NNS(=O)(=O)c1ccc(C(C)(C)C)cc1. The zero-order chi connectivity index (χ0) is 20.9. The highest BCUT2D eigenvalue weighted by Crippen LogP contribution is 2.23. The molecule has 2 N–H and O–H groups in total. The van der Waals surface area contributed by atoms with Crippen molar-refractivity contribution in [2.75, 3.05) is 0 Å². The van der Waals surface area contributed by atoms with E-state index in [9.17, 15) is 13.2 Å². The Morgan fingerprint density at radius 1 is 1.07 bits per heavy atom. The maximum atomic E-state index is 12.4. The summed E-state index contributed by atoms with van der Waals surface area (Å²) in [6.45, 7) is 7.58. The Balaban J connectivity index is 1.97. The lowest BCUT2D eigenvalue weighted by atomic mass is 9.87. The summed E-state index contributed by atoms with van der Waals surface area (Å²) in [5.74, 6) is -0.262. The van der Waals surface area contributed by atoms with E-state index in [0.717, 1.165) is 5.56 Å². The number of sulfonamides is 1. The quantitative estimate of drug-likeness (QED) is 0.724. The van der Waals surface area contributed by atoms with E-state index in [4.69, 9.17) is 10.00 Å². The number of benzene rings is 2. The molecular weight excluding hydrogens is 378 g/mol. The molecule has 0 aromatic heterocycles. The summed E-state index contributed by atoms with van der Waals surface area (Å²) < 4.78 is 30.1. The predicted molar refractivity (Wildman–Crippen MR) is 105 cm³/mol. The number of ether oxygens (including phenoxy) is 1. The monoisotopic (exact) mass is 401 g/mol. The molecule has 0 heterocycles. The summed E-state index contributed by atoms with van der Waals surface area (Å²) in [6, 6.07) is 14.7. The number of carbonyl (C=O) groups excluding carboxylic acids is 1. The first-order valence-electron chi connectivity index (χ1n) is 8.62. The maximum Gasteiger partial charge on any atom is 0.275 e. The highest BCUT2D eigenvalue weighted by atomic mass is 32.2. The van der Waals surface area contributed by atoms with Crippen molar-refractivity contribution in [1.29, 1.82) is 5.26 Å². The zero-order valence-corrected chi connectivity index (χ0v) is 17.0. The standard InChI is InChI=1S/C20H23N3O4S/c1-14(27-17-9-5-15(13-21)6-10-17)19(24)22-23-28(25,26)18-11-7-16(8-12-18)20(2,3)4/h5-12,14,23H,1-4H3,(H,22,24)/t14-/m1/s1. The Hall–Kier alpha value is -2.89. The number of hydrazine groups is 1. The fourth-order valence-electron chi connectivity index (χ4n) is 2.28. The van der Waals surface area contributed by atoms with Crippen LogP contribution in [0.15, 0.2) is 53.4 Å². The summed E-state index contributed by atoms with van der Waals surface area (Å²) in [6.07, 6.45) is -0.945. The molecule has 1 amide bonds. The Bertz CT molecular complexity index is 970. The van der Waals surface area contributed by atoms with Gasteiger partial charge in [-0.3, -0.25) is 10.2 Å². The number of hydrogen-bond acceptors (Lipinski definition) is 5. The highest BCUT2D eigenvalue weighted by Gasteiger charge is 2.20. The molecule has 0 spiro atoms. The van der Waals surface area contributed by atoms with Crippen LogP contribution in [0.2, 0.25) is 0 Å². The van der Waals surface area contributed by atoms with Gasteiger partial charge in [-0.1, -0.05) is 32.9 Å². The van der Waals surface area contributed by atoms with E-state index in [2.05, 4.69) is 10.3 Å². The molecule has 28 heavy (non-hydrogen) atoms. The van der Waals surface area contributed by atoms with Crippen LogP contribution in [0, 0.1) is 11.3 Å². The van der Waals surface area contributed by atoms with Crippen LogP contribution in [0.25, 0.3) is 0 Å². The number of nitrogens with one attached hydrogen (secondary N) is 2. The molecule has 0 aliphatic carbocycles. The Morgan fingerprint density at radius 3 is 2.14 bits per heavy atom. The van der Waals surface area contributed by atoms with Gasteiger partial charge in [0.1, 0.15) is 5.75 Å². The molecule has 2 rings (SSSR count). The van der Waals surface area contributed by atoms with Crippen molar-refractivity contribution in [3.8, 4) is 11.8 Å². The Labute approximate surface area is 165 Å². The van der Waals surface area contributed by atoms with Crippen molar-refractivity contribution in [3.63, 3.8) is 0 Å². The molecule has 2 aromatic carbocycles. The first-order valence-corrected chi connectivity index (χ1v) is 10.1. The molecule has 0 aliphatic heterocycles. The van der Waals surface area contributed by atoms with Crippen LogP contribution in [0.4, 0.5) is 0 Å². The van der Waals surface area contributed by atoms with E-state index in [1.54, 1.807) is 36.4 Å². The molecule has 0 bridgehead atoms. The Morgan fingerprint density at radius 2 is 1.64 bits per heavy atom. The van der Waals surface area contributed by atoms with Crippen LogP contribution < -0.4 is 15.0 Å². The van der Waals surface area contributed by atoms with Crippen molar-refractivity contribution in [2.24, 2.45) is 0 Å². The van der Waals surface area contributed by atoms with E-state index < -0.39 is 22.0 Å². The second-order valence-electron chi connectivity index (χ2n) is 7.27. The molecule has 0 aliphatic rings. The molecule has 8 heteroatoms. The fraction of sp³-hybridized carbons (Fsp3) is 0.300. The minimum atomic E-state index is -3.91. The van der Waals surface area contributed by atoms with Crippen LogP contribution in [-0.2, 0) is 20.2 Å². The molecule has 148 valence electrons. The lowest BCUT2D eigenvalue weighted by molar-refractivity contribution is -0.127. The first-order chi connectivity index (χ1) is 13.0. The van der Waals surface area contributed by atoms with Gasteiger partial charge in [0.25, 0.3) is 15.9 Å². The van der Waals surface area contributed by atoms with Gasteiger partial charge in [-0.05, 0) is 54.3 Å². The summed E-state index contributed by atoms with van der Waals surface area (Å²) in [5, 5.41) is 8.77. The summed E-state index contributed by atoms with van der Waals surface area (Å²) >= 11 is 0. The average molecular weight is 401 g/mol. The third-order valence-corrected chi connectivity index (χ3v) is 5.27. The molecule has 0 saturated heterocycles. The van der Waals surface area contributed by atoms with Crippen LogP contribution in [0.1, 0.15) is 38.8 Å². The second-order valence-corrected chi connectivity index (χ2v) is 8.95. The zero-order valence-electron chi connectivity index (χ0n) is 16.2. The van der Waals surface area contributed by atoms with E-state index in [-0.39, 0.29) is 10.3 Å². The van der Waals surface area contributed by atoms with Gasteiger partial charge in [0.15, 0.2) is 6.10 Å². The molecule has 0 fully saturated rings. The van der Waals surface area contributed by atoms with Crippen molar-refractivity contribution in [3.05, 3.63) is 59.7 Å². The third kappa shape index (κ3) is 5.55. The van der Waals surface area contributed by atoms with Gasteiger partial charge in [-0.2, -0.15) is 5.26 Å². The third-order valence-electron chi connectivity index (χ3n) is 4.00. The number of nitriles is 1. The lowest BCUT2D eigenvalue weighted by Crippen LogP contribution is -2.47. The number of hydrogen-bond donors (Lipinski definition) is 2. The number of nitrogens with zero attached hydrogens (tertiary/aromatic N) is 1. The van der Waals surface area contributed by atoms with Gasteiger partial charge in [0, 0.05) is 0 Å². The molecule has 0 saturated carbocycles. The van der Waals surface area contributed by atoms with Crippen LogP contribution in [0.5, 0.6) is 5.75 Å². The predicted octanol–water partition coefficient (Wildman–Crippen LogP) is 2.63. The van der Waals surface area contributed by atoms with E-state index in [1.807, 2.05) is 26.8 Å². The van der Waals surface area contributed by atoms with Gasteiger partial charge in [-0.25, -0.2) is 8.42 Å². The molecule has 7 nitrogen and oxygen atoms in total. The van der Waals surface area contributed by atoms with Gasteiger partial charge >= 0.3 is 0 Å². The van der Waals surface area contributed by atoms with Crippen LogP contribution in [-0.4, -0.2) is 20.4 Å². The minimum Gasteiger partial charge on any atom is -0.481 e. The van der Waals surface area contributed by atoms with Crippen molar-refractivity contribution in [2.45, 2.75) is 44.1 Å². The van der Waals surface area contributed by atoms with Gasteiger partial charge in [0.05, 0.1) is 16.5 Å². The lowest BCUT2D eigenvalue weighted by Gasteiger charge is -2.19. The van der Waals surface area contributed by atoms with Gasteiger partial charge < -0.3 is 4.74 Å². The number of rotatable bonds is 6. The van der Waals surface area contributed by atoms with E-state index in [1.165, 1.54) is 19.1 Å². The molecule has 2 aromatic rings. The second kappa shape index (κ2) is 8.42. The van der Waals surface area contributed by atoms with Crippen molar-refractivity contribution in [1.82, 2.24) is 10.3 Å². The van der Waals surface area contributed by atoms with Crippen LogP contribution in [0.3, 0.4) is 0 Å². The van der Waals surface area contributed by atoms with E-state index in [0.29, 0.717) is 11.3 Å². The average Bonchev–Trinajstić information content (AvgIpc) is 2.66. The topological polar surface area (TPSA) is 108 Å². The fourth-order valence-corrected chi connectivity index (χ4v) is 3.13. The van der Waals surface area contributed by atoms with Crippen molar-refractivity contribution < 1.29 is 17.9 Å². The summed E-state index contributed by atoms with van der Waals surface area (Å²) in [4.78, 5) is 14.2. The minimum absolute atomic E-state index is 0.0430. The molecular formula is C20H23N3O4S. The highest BCUT2D eigenvalue weighted by molar-refractivity contribution is 7.89. The van der Waals surface area contributed by atoms with Crippen molar-refractivity contribution >= 4 is 15.9 Å². The normalized spacial score (nSPS) is 12.7. The largest absolute Gasteiger partial charge is 0.481 e. The smallest absolute Gasteiger partial charge is 0.275 e. The van der Waals surface area contributed by atoms with Crippen LogP contribution >= 0.6 is 0 Å². The van der Waals surface area contributed by atoms with Gasteiger partial charge in [-0.15, -0.1) is 4.83 Å². The molecule has 0 unspecified atom stereocenters. The summed E-state index contributed by atoms with van der Waals surface area (Å²) in [7, 11) is -3.91. The maximum absolute atomic E-state index is 12.4. The molecule has 0 radical (unpaired) electrons. The summed E-state index contributed by atoms with van der Waals surface area (Å²) in [5.41, 5.74) is 3.53. The molecule has 1 atom stereocenters. The first kappa shape index (κ1) is 21.4. The number of amides is 1. The van der Waals surface area contributed by atoms with Gasteiger partial charge in [0.2, 0.25) is 0 Å².